The molecular weight excluding hydrogens is 270 g/mol. The summed E-state index contributed by atoms with van der Waals surface area (Å²) in [5.74, 6) is 0.273. The molecule has 0 fully saturated rings. The summed E-state index contributed by atoms with van der Waals surface area (Å²) in [5, 5.41) is 2.98. The molecule has 0 aliphatic rings. The zero-order valence-electron chi connectivity index (χ0n) is 13.9. The second-order valence-corrected chi connectivity index (χ2v) is 6.89. The summed E-state index contributed by atoms with van der Waals surface area (Å²) < 4.78 is 0. The molecule has 2 aromatic rings. The molecule has 2 aromatic carbocycles. The smallest absolute Gasteiger partial charge is 0.224 e. The van der Waals surface area contributed by atoms with E-state index in [0.29, 0.717) is 6.42 Å². The molecule has 2 heteroatoms. The lowest BCUT2D eigenvalue weighted by Gasteiger charge is -2.19. The van der Waals surface area contributed by atoms with Gasteiger partial charge >= 0.3 is 0 Å². The van der Waals surface area contributed by atoms with Gasteiger partial charge in [0, 0.05) is 12.1 Å². The first-order valence-corrected chi connectivity index (χ1v) is 7.81. The predicted molar refractivity (Wildman–Crippen MR) is 93.2 cm³/mol. The van der Waals surface area contributed by atoms with Gasteiger partial charge in [0.25, 0.3) is 0 Å². The molecule has 0 bridgehead atoms. The van der Waals surface area contributed by atoms with Crippen molar-refractivity contribution < 1.29 is 4.79 Å². The van der Waals surface area contributed by atoms with Crippen LogP contribution in [-0.4, -0.2) is 5.91 Å². The summed E-state index contributed by atoms with van der Waals surface area (Å²) in [6, 6.07) is 18.3. The van der Waals surface area contributed by atoms with Gasteiger partial charge in [0.15, 0.2) is 0 Å². The van der Waals surface area contributed by atoms with Gasteiger partial charge < -0.3 is 5.32 Å². The minimum Gasteiger partial charge on any atom is -0.326 e. The summed E-state index contributed by atoms with van der Waals surface area (Å²) in [6.45, 7) is 8.63. The van der Waals surface area contributed by atoms with Crippen LogP contribution in [0.4, 0.5) is 5.69 Å². The van der Waals surface area contributed by atoms with E-state index < -0.39 is 0 Å². The van der Waals surface area contributed by atoms with E-state index in [2.05, 4.69) is 57.3 Å². The van der Waals surface area contributed by atoms with Crippen molar-refractivity contribution in [3.8, 4) is 0 Å². The average molecular weight is 295 g/mol. The first-order valence-electron chi connectivity index (χ1n) is 7.81. The third-order valence-corrected chi connectivity index (χ3v) is 3.89. The number of carbonyl (C=O) groups excluding carboxylic acids is 1. The lowest BCUT2D eigenvalue weighted by molar-refractivity contribution is -0.116. The maximum atomic E-state index is 12.2. The van der Waals surface area contributed by atoms with Crippen molar-refractivity contribution in [2.75, 3.05) is 5.32 Å². The van der Waals surface area contributed by atoms with Gasteiger partial charge in [0.05, 0.1) is 0 Å². The van der Waals surface area contributed by atoms with Crippen LogP contribution in [0.2, 0.25) is 0 Å². The van der Waals surface area contributed by atoms with Crippen molar-refractivity contribution in [3.63, 3.8) is 0 Å². The molecule has 22 heavy (non-hydrogen) atoms. The Labute approximate surface area is 133 Å². The monoisotopic (exact) mass is 295 g/mol. The summed E-state index contributed by atoms with van der Waals surface area (Å²) >= 11 is 0. The van der Waals surface area contributed by atoms with Gasteiger partial charge in [-0.25, -0.2) is 0 Å². The van der Waals surface area contributed by atoms with Crippen molar-refractivity contribution in [2.45, 2.75) is 45.4 Å². The largest absolute Gasteiger partial charge is 0.326 e. The predicted octanol–water partition coefficient (Wildman–Crippen LogP) is 5.12. The molecule has 2 nitrogen and oxygen atoms in total. The van der Waals surface area contributed by atoms with Gasteiger partial charge in [-0.05, 0) is 34.6 Å². The highest BCUT2D eigenvalue weighted by atomic mass is 16.1. The highest BCUT2D eigenvalue weighted by Gasteiger charge is 2.14. The second-order valence-electron chi connectivity index (χ2n) is 6.89. The number of amides is 1. The fraction of sp³-hybridized carbons (Fsp3) is 0.350. The maximum absolute atomic E-state index is 12.2. The molecule has 0 saturated carbocycles. The quantitative estimate of drug-likeness (QED) is 0.833. The standard InChI is InChI=1S/C20H25NO/c1-15(16-8-6-5-7-9-16)14-19(22)21-18-12-10-17(11-13-18)20(2,3)4/h5-13,15H,14H2,1-4H3,(H,21,22)/t15-/m1/s1. The minimum atomic E-state index is 0.0554. The third kappa shape index (κ3) is 4.45. The molecule has 1 N–H and O–H groups in total. The van der Waals surface area contributed by atoms with Crippen molar-refractivity contribution >= 4 is 11.6 Å². The molecule has 116 valence electrons. The molecule has 2 rings (SSSR count). The fourth-order valence-corrected chi connectivity index (χ4v) is 2.44. The lowest BCUT2D eigenvalue weighted by atomic mass is 9.87. The Morgan fingerprint density at radius 2 is 1.59 bits per heavy atom. The summed E-state index contributed by atoms with van der Waals surface area (Å²) in [5.41, 5.74) is 3.45. The number of hydrogen-bond donors (Lipinski definition) is 1. The molecule has 0 aromatic heterocycles. The Balaban J connectivity index is 1.95. The summed E-state index contributed by atoms with van der Waals surface area (Å²) in [6.07, 6.45) is 0.491. The lowest BCUT2D eigenvalue weighted by Crippen LogP contribution is -2.15. The zero-order chi connectivity index (χ0) is 16.2. The first kappa shape index (κ1) is 16.3. The van der Waals surface area contributed by atoms with Crippen molar-refractivity contribution in [1.29, 1.82) is 0 Å². The van der Waals surface area contributed by atoms with E-state index >= 15 is 0 Å². The van der Waals surface area contributed by atoms with Crippen LogP contribution in [0.1, 0.15) is 51.2 Å². The van der Waals surface area contributed by atoms with Crippen LogP contribution in [0.25, 0.3) is 0 Å². The van der Waals surface area contributed by atoms with Crippen LogP contribution in [0.15, 0.2) is 54.6 Å². The van der Waals surface area contributed by atoms with Crippen molar-refractivity contribution in [2.24, 2.45) is 0 Å². The molecule has 1 atom stereocenters. The van der Waals surface area contributed by atoms with Gasteiger partial charge in [-0.1, -0.05) is 70.2 Å². The van der Waals surface area contributed by atoms with E-state index in [-0.39, 0.29) is 17.2 Å². The van der Waals surface area contributed by atoms with Crippen LogP contribution >= 0.6 is 0 Å². The van der Waals surface area contributed by atoms with E-state index in [4.69, 9.17) is 0 Å². The van der Waals surface area contributed by atoms with Crippen LogP contribution in [-0.2, 0) is 10.2 Å². The van der Waals surface area contributed by atoms with Crippen molar-refractivity contribution in [3.05, 3.63) is 65.7 Å². The molecule has 0 saturated heterocycles. The normalized spacial score (nSPS) is 12.7. The number of hydrogen-bond acceptors (Lipinski definition) is 1. The third-order valence-electron chi connectivity index (χ3n) is 3.89. The summed E-state index contributed by atoms with van der Waals surface area (Å²) in [4.78, 5) is 12.2. The van der Waals surface area contributed by atoms with Gasteiger partial charge in [-0.15, -0.1) is 0 Å². The Morgan fingerprint density at radius 3 is 2.14 bits per heavy atom. The number of nitrogens with one attached hydrogen (secondary N) is 1. The Hall–Kier alpha value is -2.09. The van der Waals surface area contributed by atoms with Crippen LogP contribution in [0.5, 0.6) is 0 Å². The maximum Gasteiger partial charge on any atom is 0.224 e. The number of carbonyl (C=O) groups is 1. The SMILES string of the molecule is C[C@H](CC(=O)Nc1ccc(C(C)(C)C)cc1)c1ccccc1. The Kier molecular flexibility index (Phi) is 5.02. The van der Waals surface area contributed by atoms with Crippen molar-refractivity contribution in [1.82, 2.24) is 0 Å². The molecule has 0 aliphatic carbocycles. The molecule has 1 amide bonds. The number of rotatable bonds is 4. The van der Waals surface area contributed by atoms with E-state index in [9.17, 15) is 4.79 Å². The van der Waals surface area contributed by atoms with Gasteiger partial charge in [-0.2, -0.15) is 0 Å². The zero-order valence-corrected chi connectivity index (χ0v) is 13.9. The second kappa shape index (κ2) is 6.78. The van der Waals surface area contributed by atoms with Crippen LogP contribution in [0, 0.1) is 0 Å². The van der Waals surface area contributed by atoms with Gasteiger partial charge in [0.2, 0.25) is 5.91 Å². The van der Waals surface area contributed by atoms with E-state index in [1.807, 2.05) is 30.3 Å². The van der Waals surface area contributed by atoms with E-state index in [1.54, 1.807) is 0 Å². The summed E-state index contributed by atoms with van der Waals surface area (Å²) in [7, 11) is 0. The molecule has 0 aliphatic heterocycles. The van der Waals surface area contributed by atoms with Crippen LogP contribution in [0.3, 0.4) is 0 Å². The molecular formula is C20H25NO. The fourth-order valence-electron chi connectivity index (χ4n) is 2.44. The molecule has 0 spiro atoms. The average Bonchev–Trinajstić information content (AvgIpc) is 2.47. The number of anilines is 1. The highest BCUT2D eigenvalue weighted by molar-refractivity contribution is 5.91. The Bertz CT molecular complexity index is 608. The molecule has 0 radical (unpaired) electrons. The molecule has 0 unspecified atom stereocenters. The Morgan fingerprint density at radius 1 is 1.00 bits per heavy atom. The van der Waals surface area contributed by atoms with E-state index in [1.165, 1.54) is 11.1 Å². The topological polar surface area (TPSA) is 29.1 Å². The van der Waals surface area contributed by atoms with Gasteiger partial charge in [0.1, 0.15) is 0 Å². The van der Waals surface area contributed by atoms with Crippen LogP contribution < -0.4 is 5.32 Å². The van der Waals surface area contributed by atoms with Gasteiger partial charge in [-0.3, -0.25) is 4.79 Å². The molecule has 0 heterocycles. The highest BCUT2D eigenvalue weighted by Crippen LogP contribution is 2.24. The number of benzene rings is 2. The van der Waals surface area contributed by atoms with E-state index in [0.717, 1.165) is 5.69 Å². The minimum absolute atomic E-state index is 0.0554. The first-order chi connectivity index (χ1) is 10.4.